The quantitative estimate of drug-likeness (QED) is 0.163. The highest BCUT2D eigenvalue weighted by Gasteiger charge is 2.20. The van der Waals surface area contributed by atoms with Gasteiger partial charge in [0.05, 0.1) is 20.3 Å². The van der Waals surface area contributed by atoms with Gasteiger partial charge >= 0.3 is 0 Å². The van der Waals surface area contributed by atoms with Gasteiger partial charge in [-0.3, -0.25) is 4.90 Å². The first-order valence-electron chi connectivity index (χ1n) is 15.8. The Morgan fingerprint density at radius 2 is 1.90 bits per heavy atom. The summed E-state index contributed by atoms with van der Waals surface area (Å²) in [5.74, 6) is 3.14. The third-order valence-electron chi connectivity index (χ3n) is 8.32. The smallest absolute Gasteiger partial charge is 0.127 e. The SMILES string of the molecule is C/C=C\C(CCC(C)N(Cc1ccc(OC)cc1OC)CC(C)CNCc1ccnc(NC2CNC2)c1)=C(CC)CC. The van der Waals surface area contributed by atoms with Crippen molar-refractivity contribution in [2.24, 2.45) is 5.92 Å². The van der Waals surface area contributed by atoms with E-state index in [1.54, 1.807) is 19.8 Å². The number of benzene rings is 1. The van der Waals surface area contributed by atoms with Crippen LogP contribution in [0.5, 0.6) is 11.5 Å². The molecule has 0 radical (unpaired) electrons. The summed E-state index contributed by atoms with van der Waals surface area (Å²) in [5, 5.41) is 10.5. The number of methoxy groups -OCH3 is 2. The van der Waals surface area contributed by atoms with E-state index >= 15 is 0 Å². The van der Waals surface area contributed by atoms with Crippen molar-refractivity contribution in [2.45, 2.75) is 85.5 Å². The normalized spacial score (nSPS) is 15.0. The van der Waals surface area contributed by atoms with Gasteiger partial charge in [-0.1, -0.05) is 44.6 Å². The van der Waals surface area contributed by atoms with Gasteiger partial charge in [-0.25, -0.2) is 4.98 Å². The number of hydrogen-bond donors (Lipinski definition) is 3. The molecule has 1 fully saturated rings. The van der Waals surface area contributed by atoms with E-state index in [0.717, 1.165) is 82.3 Å². The summed E-state index contributed by atoms with van der Waals surface area (Å²) >= 11 is 0. The van der Waals surface area contributed by atoms with E-state index < -0.39 is 0 Å². The summed E-state index contributed by atoms with van der Waals surface area (Å²) in [6.07, 6.45) is 10.9. The molecule has 3 rings (SSSR count). The van der Waals surface area contributed by atoms with E-state index in [1.807, 2.05) is 18.3 Å². The number of anilines is 1. The molecule has 0 saturated carbocycles. The van der Waals surface area contributed by atoms with Crippen molar-refractivity contribution >= 4 is 5.82 Å². The molecule has 1 aliphatic rings. The number of ether oxygens (including phenoxy) is 2. The number of allylic oxidation sites excluding steroid dienone is 4. The molecule has 7 heteroatoms. The molecule has 2 atom stereocenters. The van der Waals surface area contributed by atoms with Gasteiger partial charge in [0.15, 0.2) is 0 Å². The Labute approximate surface area is 255 Å². The zero-order chi connectivity index (χ0) is 30.3. The number of pyridine rings is 1. The van der Waals surface area contributed by atoms with Crippen molar-refractivity contribution in [2.75, 3.05) is 45.7 Å². The molecular weight excluding hydrogens is 522 g/mol. The Morgan fingerprint density at radius 1 is 1.12 bits per heavy atom. The number of hydrogen-bond acceptors (Lipinski definition) is 7. The Bertz CT molecular complexity index is 1140. The van der Waals surface area contributed by atoms with Crippen molar-refractivity contribution in [1.82, 2.24) is 20.5 Å². The van der Waals surface area contributed by atoms with Gasteiger partial charge in [0.25, 0.3) is 0 Å². The molecule has 2 unspecified atom stereocenters. The predicted octanol–water partition coefficient (Wildman–Crippen LogP) is 6.57. The van der Waals surface area contributed by atoms with E-state index in [2.05, 4.69) is 90.8 Å². The zero-order valence-electron chi connectivity index (χ0n) is 27.1. The number of rotatable bonds is 19. The Hall–Kier alpha value is -2.87. The predicted molar refractivity (Wildman–Crippen MR) is 176 cm³/mol. The van der Waals surface area contributed by atoms with Crippen LogP contribution >= 0.6 is 0 Å². The van der Waals surface area contributed by atoms with Crippen LogP contribution in [0, 0.1) is 5.92 Å². The summed E-state index contributed by atoms with van der Waals surface area (Å²) in [6, 6.07) is 11.3. The summed E-state index contributed by atoms with van der Waals surface area (Å²) in [6.45, 7) is 17.0. The summed E-state index contributed by atoms with van der Waals surface area (Å²) in [4.78, 5) is 7.12. The molecule has 1 aromatic heterocycles. The third-order valence-corrected chi connectivity index (χ3v) is 8.32. The third kappa shape index (κ3) is 10.4. The fraction of sp³-hybridized carbons (Fsp3) is 0.571. The van der Waals surface area contributed by atoms with Gasteiger partial charge in [-0.15, -0.1) is 0 Å². The van der Waals surface area contributed by atoms with Crippen molar-refractivity contribution < 1.29 is 9.47 Å². The second-order valence-corrected chi connectivity index (χ2v) is 11.6. The van der Waals surface area contributed by atoms with Gasteiger partial charge in [0.1, 0.15) is 17.3 Å². The molecule has 1 aliphatic heterocycles. The Kier molecular flexibility index (Phi) is 14.4. The van der Waals surface area contributed by atoms with Crippen molar-refractivity contribution in [3.63, 3.8) is 0 Å². The number of aromatic nitrogens is 1. The Morgan fingerprint density at radius 3 is 2.55 bits per heavy atom. The summed E-state index contributed by atoms with van der Waals surface area (Å²) in [5.41, 5.74) is 5.52. The maximum absolute atomic E-state index is 5.77. The molecule has 1 saturated heterocycles. The molecule has 0 amide bonds. The lowest BCUT2D eigenvalue weighted by atomic mass is 9.96. The van der Waals surface area contributed by atoms with Crippen LogP contribution in [0.25, 0.3) is 0 Å². The van der Waals surface area contributed by atoms with Gasteiger partial charge in [-0.05, 0) is 81.3 Å². The average Bonchev–Trinajstić information content (AvgIpc) is 2.98. The fourth-order valence-corrected chi connectivity index (χ4v) is 5.62. The van der Waals surface area contributed by atoms with Gasteiger partial charge in [0, 0.05) is 56.6 Å². The molecule has 3 N–H and O–H groups in total. The highest BCUT2D eigenvalue weighted by Crippen LogP contribution is 2.28. The monoisotopic (exact) mass is 577 g/mol. The van der Waals surface area contributed by atoms with Crippen molar-refractivity contribution in [3.8, 4) is 11.5 Å². The molecule has 2 aromatic rings. The maximum Gasteiger partial charge on any atom is 0.127 e. The minimum absolute atomic E-state index is 0.421. The van der Waals surface area contributed by atoms with Crippen molar-refractivity contribution in [3.05, 3.63) is 71.0 Å². The topological polar surface area (TPSA) is 70.7 Å². The van der Waals surface area contributed by atoms with E-state index in [1.165, 1.54) is 16.7 Å². The average molecular weight is 578 g/mol. The lowest BCUT2D eigenvalue weighted by Crippen LogP contribution is -2.51. The molecule has 232 valence electrons. The van der Waals surface area contributed by atoms with Crippen LogP contribution < -0.4 is 25.4 Å². The number of nitrogens with zero attached hydrogens (tertiary/aromatic N) is 2. The highest BCUT2D eigenvalue weighted by molar-refractivity contribution is 5.41. The molecule has 1 aromatic carbocycles. The first-order valence-corrected chi connectivity index (χ1v) is 15.8. The van der Waals surface area contributed by atoms with Crippen LogP contribution in [0.15, 0.2) is 59.8 Å². The summed E-state index contributed by atoms with van der Waals surface area (Å²) in [7, 11) is 3.44. The molecule has 0 spiro atoms. The lowest BCUT2D eigenvalue weighted by Gasteiger charge is -2.32. The van der Waals surface area contributed by atoms with Gasteiger partial charge in [-0.2, -0.15) is 0 Å². The molecule has 7 nitrogen and oxygen atoms in total. The molecule has 2 heterocycles. The first-order chi connectivity index (χ1) is 20.4. The van der Waals surface area contributed by atoms with E-state index in [-0.39, 0.29) is 0 Å². The highest BCUT2D eigenvalue weighted by atomic mass is 16.5. The lowest BCUT2D eigenvalue weighted by molar-refractivity contribution is 0.162. The second-order valence-electron chi connectivity index (χ2n) is 11.6. The van der Waals surface area contributed by atoms with Crippen LogP contribution in [0.3, 0.4) is 0 Å². The van der Waals surface area contributed by atoms with Crippen LogP contribution in [-0.4, -0.2) is 62.4 Å². The van der Waals surface area contributed by atoms with E-state index in [0.29, 0.717) is 18.0 Å². The minimum atomic E-state index is 0.421. The standard InChI is InChI=1S/C35H55N5O2/c1-8-11-30(29(9-2)10-3)13-12-27(5)40(25-31-14-15-33(41-6)19-34(31)42-7)24-26(4)20-36-21-28-16-17-38-35(18-28)39-32-22-37-23-32/h8,11,14-19,26-27,32,36-37H,9-10,12-13,20-25H2,1-7H3,(H,38,39)/b11-8-. The van der Waals surface area contributed by atoms with Gasteiger partial charge < -0.3 is 25.4 Å². The van der Waals surface area contributed by atoms with Gasteiger partial charge in [0.2, 0.25) is 0 Å². The molecule has 0 bridgehead atoms. The maximum atomic E-state index is 5.77. The first kappa shape index (κ1) is 33.6. The van der Waals surface area contributed by atoms with Crippen molar-refractivity contribution in [1.29, 1.82) is 0 Å². The van der Waals surface area contributed by atoms with Crippen LogP contribution in [-0.2, 0) is 13.1 Å². The van der Waals surface area contributed by atoms with Crippen LogP contribution in [0.1, 0.15) is 71.4 Å². The largest absolute Gasteiger partial charge is 0.497 e. The minimum Gasteiger partial charge on any atom is -0.497 e. The van der Waals surface area contributed by atoms with E-state index in [9.17, 15) is 0 Å². The molecule has 42 heavy (non-hydrogen) atoms. The second kappa shape index (κ2) is 17.9. The number of nitrogens with one attached hydrogen (secondary N) is 3. The fourth-order valence-electron chi connectivity index (χ4n) is 5.62. The molecule has 0 aliphatic carbocycles. The Balaban J connectivity index is 1.66. The van der Waals surface area contributed by atoms with E-state index in [4.69, 9.17) is 9.47 Å². The van der Waals surface area contributed by atoms with Crippen LogP contribution in [0.4, 0.5) is 5.82 Å². The van der Waals surface area contributed by atoms with Crippen LogP contribution in [0.2, 0.25) is 0 Å². The summed E-state index contributed by atoms with van der Waals surface area (Å²) < 4.78 is 11.2. The molecular formula is C35H55N5O2. The zero-order valence-corrected chi connectivity index (χ0v) is 27.1.